The molecular weight excluding hydrogens is 258 g/mol. The summed E-state index contributed by atoms with van der Waals surface area (Å²) in [6.07, 6.45) is 0.276. The van der Waals surface area contributed by atoms with Gasteiger partial charge in [0.05, 0.1) is 27.2 Å². The Hall–Kier alpha value is -1.75. The second-order valence-corrected chi connectivity index (χ2v) is 4.77. The fraction of sp³-hybridized carbons (Fsp3) is 0.533. The minimum atomic E-state index is -0.0319. The van der Waals surface area contributed by atoms with Gasteiger partial charge in [-0.3, -0.25) is 4.79 Å². The summed E-state index contributed by atoms with van der Waals surface area (Å²) in [6.45, 7) is 4.18. The Morgan fingerprint density at radius 1 is 1.25 bits per heavy atom. The number of hydrogen-bond acceptors (Lipinski definition) is 4. The predicted octanol–water partition coefficient (Wildman–Crippen LogP) is 1.48. The first-order valence-electron chi connectivity index (χ1n) is 6.64. The predicted molar refractivity (Wildman–Crippen MR) is 77.2 cm³/mol. The monoisotopic (exact) mass is 281 g/mol. The molecule has 0 aliphatic heterocycles. The zero-order valence-electron chi connectivity index (χ0n) is 12.5. The average molecular weight is 281 g/mol. The second kappa shape index (κ2) is 7.75. The van der Waals surface area contributed by atoms with Crippen molar-refractivity contribution in [1.29, 1.82) is 0 Å². The molecule has 0 bridgehead atoms. The Kier molecular flexibility index (Phi) is 6.31. The Balaban J connectivity index is 2.84. The highest BCUT2D eigenvalue weighted by molar-refractivity contribution is 5.79. The van der Waals surface area contributed by atoms with Gasteiger partial charge < -0.3 is 19.5 Å². The zero-order chi connectivity index (χ0) is 15.1. The smallest absolute Gasteiger partial charge is 0.227 e. The van der Waals surface area contributed by atoms with Gasteiger partial charge in [0.15, 0.2) is 11.5 Å². The van der Waals surface area contributed by atoms with Gasteiger partial charge in [-0.05, 0) is 31.5 Å². The summed E-state index contributed by atoms with van der Waals surface area (Å²) in [7, 11) is 3.14. The van der Waals surface area contributed by atoms with E-state index in [1.165, 1.54) is 0 Å². The largest absolute Gasteiger partial charge is 0.493 e. The number of carbonyl (C=O) groups excluding carboxylic acids is 1. The minimum Gasteiger partial charge on any atom is -0.493 e. The van der Waals surface area contributed by atoms with Gasteiger partial charge in [0.1, 0.15) is 0 Å². The van der Waals surface area contributed by atoms with Crippen molar-refractivity contribution in [3.05, 3.63) is 23.8 Å². The summed E-state index contributed by atoms with van der Waals surface area (Å²) in [5.41, 5.74) is 0.858. The molecule has 0 heterocycles. The normalized spacial score (nSPS) is 10.5. The van der Waals surface area contributed by atoms with Crippen LogP contribution in [0.3, 0.4) is 0 Å². The molecule has 0 fully saturated rings. The van der Waals surface area contributed by atoms with Crippen LogP contribution in [0.25, 0.3) is 0 Å². The molecule has 1 aromatic carbocycles. The molecule has 112 valence electrons. The lowest BCUT2D eigenvalue weighted by Crippen LogP contribution is -2.39. The minimum absolute atomic E-state index is 0.0127. The molecule has 0 atom stereocenters. The van der Waals surface area contributed by atoms with Crippen LogP contribution in [0.15, 0.2) is 18.2 Å². The number of rotatable bonds is 7. The lowest BCUT2D eigenvalue weighted by atomic mass is 10.1. The van der Waals surface area contributed by atoms with Gasteiger partial charge in [0.25, 0.3) is 0 Å². The van der Waals surface area contributed by atoms with Gasteiger partial charge in [0, 0.05) is 12.6 Å². The second-order valence-electron chi connectivity index (χ2n) is 4.77. The van der Waals surface area contributed by atoms with Crippen molar-refractivity contribution in [3.63, 3.8) is 0 Å². The Morgan fingerprint density at radius 2 is 1.90 bits per heavy atom. The molecule has 0 radical (unpaired) electrons. The molecule has 0 unspecified atom stereocenters. The van der Waals surface area contributed by atoms with Gasteiger partial charge in [-0.15, -0.1) is 0 Å². The van der Waals surface area contributed by atoms with Crippen molar-refractivity contribution >= 4 is 5.91 Å². The summed E-state index contributed by atoms with van der Waals surface area (Å²) in [6, 6.07) is 5.49. The number of ether oxygens (including phenoxy) is 2. The molecule has 1 rings (SSSR count). The van der Waals surface area contributed by atoms with Crippen LogP contribution in [0.2, 0.25) is 0 Å². The third kappa shape index (κ3) is 4.13. The van der Waals surface area contributed by atoms with E-state index < -0.39 is 0 Å². The molecule has 0 aromatic heterocycles. The molecule has 0 spiro atoms. The van der Waals surface area contributed by atoms with Gasteiger partial charge in [-0.25, -0.2) is 0 Å². The molecule has 1 N–H and O–H groups in total. The Bertz CT molecular complexity index is 445. The fourth-order valence-electron chi connectivity index (χ4n) is 2.05. The first kappa shape index (κ1) is 16.3. The summed E-state index contributed by atoms with van der Waals surface area (Å²) in [5.74, 6) is 1.23. The van der Waals surface area contributed by atoms with Crippen molar-refractivity contribution in [2.75, 3.05) is 27.4 Å². The third-order valence-corrected chi connectivity index (χ3v) is 3.09. The molecule has 0 aliphatic rings. The number of aliphatic hydroxyl groups is 1. The van der Waals surface area contributed by atoms with E-state index in [4.69, 9.17) is 14.6 Å². The number of carbonyl (C=O) groups is 1. The lowest BCUT2D eigenvalue weighted by molar-refractivity contribution is -0.132. The number of methoxy groups -OCH3 is 2. The van der Waals surface area contributed by atoms with Crippen molar-refractivity contribution < 1.29 is 19.4 Å². The van der Waals surface area contributed by atoms with Crippen LogP contribution in [0, 0.1) is 0 Å². The highest BCUT2D eigenvalue weighted by Gasteiger charge is 2.17. The van der Waals surface area contributed by atoms with Crippen LogP contribution in [0.4, 0.5) is 0 Å². The molecule has 20 heavy (non-hydrogen) atoms. The van der Waals surface area contributed by atoms with E-state index in [2.05, 4.69) is 0 Å². The average Bonchev–Trinajstić information content (AvgIpc) is 2.43. The molecule has 1 amide bonds. The van der Waals surface area contributed by atoms with E-state index in [-0.39, 0.29) is 25.0 Å². The van der Waals surface area contributed by atoms with E-state index >= 15 is 0 Å². The maximum absolute atomic E-state index is 12.2. The highest BCUT2D eigenvalue weighted by atomic mass is 16.5. The van der Waals surface area contributed by atoms with Crippen LogP contribution < -0.4 is 9.47 Å². The summed E-state index contributed by atoms with van der Waals surface area (Å²) in [5, 5.41) is 9.02. The summed E-state index contributed by atoms with van der Waals surface area (Å²) >= 11 is 0. The van der Waals surface area contributed by atoms with Gasteiger partial charge in [0.2, 0.25) is 5.91 Å². The maximum atomic E-state index is 12.2. The van der Waals surface area contributed by atoms with Gasteiger partial charge in [-0.2, -0.15) is 0 Å². The van der Waals surface area contributed by atoms with Crippen molar-refractivity contribution in [1.82, 2.24) is 4.90 Å². The van der Waals surface area contributed by atoms with Gasteiger partial charge in [-0.1, -0.05) is 6.07 Å². The molecule has 5 nitrogen and oxygen atoms in total. The summed E-state index contributed by atoms with van der Waals surface area (Å²) < 4.78 is 10.4. The van der Waals surface area contributed by atoms with E-state index in [1.807, 2.05) is 19.9 Å². The number of amides is 1. The highest BCUT2D eigenvalue weighted by Crippen LogP contribution is 2.27. The van der Waals surface area contributed by atoms with Crippen molar-refractivity contribution in [2.24, 2.45) is 0 Å². The van der Waals surface area contributed by atoms with Crippen LogP contribution >= 0.6 is 0 Å². The van der Waals surface area contributed by atoms with E-state index in [0.29, 0.717) is 18.0 Å². The number of hydrogen-bond donors (Lipinski definition) is 1. The van der Waals surface area contributed by atoms with Crippen LogP contribution in [0.1, 0.15) is 19.4 Å². The SMILES string of the molecule is COc1ccc(CC(=O)N(CCO)C(C)C)cc1OC. The molecule has 5 heteroatoms. The standard InChI is InChI=1S/C15H23NO4/c1-11(2)16(7-8-17)15(18)10-12-5-6-13(19-3)14(9-12)20-4/h5-6,9,11,17H,7-8,10H2,1-4H3. The van der Waals surface area contributed by atoms with Crippen LogP contribution in [-0.2, 0) is 11.2 Å². The van der Waals surface area contributed by atoms with E-state index in [9.17, 15) is 4.79 Å². The third-order valence-electron chi connectivity index (χ3n) is 3.09. The number of aliphatic hydroxyl groups excluding tert-OH is 1. The first-order chi connectivity index (χ1) is 9.53. The molecular formula is C15H23NO4. The van der Waals surface area contributed by atoms with Crippen LogP contribution in [-0.4, -0.2) is 49.3 Å². The van der Waals surface area contributed by atoms with Crippen LogP contribution in [0.5, 0.6) is 11.5 Å². The molecule has 0 aliphatic carbocycles. The molecule has 0 saturated heterocycles. The summed E-state index contributed by atoms with van der Waals surface area (Å²) in [4.78, 5) is 13.9. The zero-order valence-corrected chi connectivity index (χ0v) is 12.5. The maximum Gasteiger partial charge on any atom is 0.227 e. The quantitative estimate of drug-likeness (QED) is 0.822. The molecule has 0 saturated carbocycles. The van der Waals surface area contributed by atoms with Crippen molar-refractivity contribution in [3.8, 4) is 11.5 Å². The van der Waals surface area contributed by atoms with Crippen molar-refractivity contribution in [2.45, 2.75) is 26.3 Å². The van der Waals surface area contributed by atoms with E-state index in [1.54, 1.807) is 31.3 Å². The lowest BCUT2D eigenvalue weighted by Gasteiger charge is -2.26. The van der Waals surface area contributed by atoms with Gasteiger partial charge >= 0.3 is 0 Å². The van der Waals surface area contributed by atoms with E-state index in [0.717, 1.165) is 5.56 Å². The first-order valence-corrected chi connectivity index (χ1v) is 6.64. The Morgan fingerprint density at radius 3 is 2.40 bits per heavy atom. The fourth-order valence-corrected chi connectivity index (χ4v) is 2.05. The topological polar surface area (TPSA) is 59.0 Å². The number of benzene rings is 1. The Labute approximate surface area is 120 Å². The molecule has 1 aromatic rings. The number of nitrogens with zero attached hydrogens (tertiary/aromatic N) is 1.